The van der Waals surface area contributed by atoms with E-state index in [0.29, 0.717) is 0 Å². The molecule has 6 heavy (non-hydrogen) atoms. The van der Waals surface area contributed by atoms with Crippen molar-refractivity contribution in [1.82, 2.24) is 6.15 Å². The van der Waals surface area contributed by atoms with Gasteiger partial charge in [-0.25, -0.2) is 0 Å². The van der Waals surface area contributed by atoms with Crippen LogP contribution in [0.15, 0.2) is 0 Å². The Bertz CT molecular complexity index is 94.7. The minimum Gasteiger partial charge on any atom is -0.770 e. The van der Waals surface area contributed by atoms with E-state index in [2.05, 4.69) is 11.2 Å². The molecule has 0 bridgehead atoms. The van der Waals surface area contributed by atoms with E-state index in [1.54, 1.807) is 0 Å². The lowest BCUT2D eigenvalue weighted by molar-refractivity contribution is 0.541. The van der Waals surface area contributed by atoms with Gasteiger partial charge in [-0.1, -0.05) is 0 Å². The molecule has 1 atom stereocenters. The van der Waals surface area contributed by atoms with Gasteiger partial charge in [0.1, 0.15) is 0 Å². The highest BCUT2D eigenvalue weighted by molar-refractivity contribution is 8.29. The summed E-state index contributed by atoms with van der Waals surface area (Å²) < 4.78 is 18.9. The van der Waals surface area contributed by atoms with Crippen molar-refractivity contribution in [3.63, 3.8) is 0 Å². The van der Waals surface area contributed by atoms with Crippen molar-refractivity contribution >= 4 is 20.0 Å². The summed E-state index contributed by atoms with van der Waals surface area (Å²) in [6.45, 7) is 0. The molecule has 0 aromatic heterocycles. The van der Waals surface area contributed by atoms with E-state index < -0.39 is 8.77 Å². The minimum absolute atomic E-state index is 0. The van der Waals surface area contributed by atoms with Crippen LogP contribution < -0.4 is 6.15 Å². The van der Waals surface area contributed by atoms with Crippen LogP contribution in [-0.2, 0) is 20.0 Å². The summed E-state index contributed by atoms with van der Waals surface area (Å²) in [5, 5.41) is 0. The summed E-state index contributed by atoms with van der Waals surface area (Å²) in [6, 6.07) is 0. The van der Waals surface area contributed by atoms with E-state index in [1.807, 2.05) is 0 Å². The molecule has 0 radical (unpaired) electrons. The topological polar surface area (TPSA) is 76.6 Å². The second kappa shape index (κ2) is 2.46. The summed E-state index contributed by atoms with van der Waals surface area (Å²) >= 11 is 3.80. The minimum atomic E-state index is -3.08. The third kappa shape index (κ3) is 552. The quantitative estimate of drug-likeness (QED) is 0.495. The van der Waals surface area contributed by atoms with Crippen molar-refractivity contribution in [2.45, 2.75) is 0 Å². The molecule has 1 unspecified atom stereocenters. The highest BCUT2D eigenvalue weighted by atomic mass is 32.8. The maximum atomic E-state index is 9.45. The molecule has 0 amide bonds. The van der Waals surface area contributed by atoms with Crippen LogP contribution in [0.2, 0.25) is 0 Å². The Balaban J connectivity index is 0. The molecule has 0 aliphatic carbocycles. The molecule has 4 N–H and O–H groups in total. The number of hydrogen-bond donors (Lipinski definition) is 1. The predicted molar refractivity (Wildman–Crippen MR) is 28.2 cm³/mol. The number of rotatable bonds is 0. The maximum absolute atomic E-state index is 9.45. The first-order valence-corrected chi connectivity index (χ1v) is 3.72. The fourth-order valence-electron chi connectivity index (χ4n) is 0. The van der Waals surface area contributed by atoms with Gasteiger partial charge in [-0.15, -0.1) is 0 Å². The van der Waals surface area contributed by atoms with Crippen LogP contribution in [0.25, 0.3) is 0 Å². The fourth-order valence-corrected chi connectivity index (χ4v) is 0. The molecule has 0 spiro atoms. The van der Waals surface area contributed by atoms with Gasteiger partial charge in [0.05, 0.1) is 0 Å². The van der Waals surface area contributed by atoms with E-state index in [-0.39, 0.29) is 6.15 Å². The van der Waals surface area contributed by atoms with Gasteiger partial charge < -0.3 is 10.7 Å². The molecular formula is CH7NO2S2. The van der Waals surface area contributed by atoms with Crippen LogP contribution in [0.5, 0.6) is 0 Å². The van der Waals surface area contributed by atoms with Crippen molar-refractivity contribution in [2.24, 2.45) is 0 Å². The Morgan fingerprint density at radius 3 is 1.83 bits per heavy atom. The summed E-state index contributed by atoms with van der Waals surface area (Å²) in [5.41, 5.74) is 0. The van der Waals surface area contributed by atoms with Crippen LogP contribution in [0.1, 0.15) is 0 Å². The van der Waals surface area contributed by atoms with Crippen LogP contribution in [-0.4, -0.2) is 15.0 Å². The molecule has 0 saturated heterocycles. The van der Waals surface area contributed by atoms with Crippen LogP contribution in [0.4, 0.5) is 0 Å². The SMILES string of the molecule is CS(=O)([O-])=S.[NH4+]. The Morgan fingerprint density at radius 2 is 1.83 bits per heavy atom. The smallest absolute Gasteiger partial charge is 0.00199 e. The first-order chi connectivity index (χ1) is 2.00. The van der Waals surface area contributed by atoms with E-state index >= 15 is 0 Å². The molecule has 5 heteroatoms. The average molecular weight is 129 g/mol. The summed E-state index contributed by atoms with van der Waals surface area (Å²) in [5.74, 6) is 0. The van der Waals surface area contributed by atoms with Gasteiger partial charge >= 0.3 is 0 Å². The lowest BCUT2D eigenvalue weighted by atomic mass is 12.0. The molecule has 0 aliphatic rings. The van der Waals surface area contributed by atoms with Crippen molar-refractivity contribution in [3.8, 4) is 0 Å². The second-order valence-corrected chi connectivity index (χ2v) is 3.93. The third-order valence-electron chi connectivity index (χ3n) is 0. The highest BCUT2D eigenvalue weighted by Gasteiger charge is 1.59. The number of hydrogen-bond acceptors (Lipinski definition) is 3. The van der Waals surface area contributed by atoms with Gasteiger partial charge in [0.15, 0.2) is 0 Å². The largest absolute Gasteiger partial charge is 0.770 e. The zero-order valence-corrected chi connectivity index (χ0v) is 5.27. The van der Waals surface area contributed by atoms with E-state index in [0.717, 1.165) is 6.26 Å². The monoisotopic (exact) mass is 129 g/mol. The summed E-state index contributed by atoms with van der Waals surface area (Å²) in [4.78, 5) is 0. The highest BCUT2D eigenvalue weighted by Crippen LogP contribution is 1.62. The van der Waals surface area contributed by atoms with E-state index in [4.69, 9.17) is 0 Å². The van der Waals surface area contributed by atoms with Gasteiger partial charge in [-0.05, 0) is 20.0 Å². The maximum Gasteiger partial charge on any atom is 0.00199 e. The van der Waals surface area contributed by atoms with Crippen LogP contribution in [0.3, 0.4) is 0 Å². The van der Waals surface area contributed by atoms with Crippen LogP contribution in [0, 0.1) is 0 Å². The average Bonchev–Trinajstić information content (AvgIpc) is 0.722. The third-order valence-corrected chi connectivity index (χ3v) is 0. The standard InChI is InChI=1S/CH4O2S2.H3N/c1-5(2,3)4;/h1H3,(H,2,3,4);1H3. The van der Waals surface area contributed by atoms with Gasteiger partial charge in [0.25, 0.3) is 0 Å². The first-order valence-electron chi connectivity index (χ1n) is 0.908. The first kappa shape index (κ1) is 9.56. The van der Waals surface area contributed by atoms with E-state index in [9.17, 15) is 8.76 Å². The summed E-state index contributed by atoms with van der Waals surface area (Å²) in [7, 11) is -3.08. The Hall–Kier alpha value is 0.290. The molecule has 0 fully saturated rings. The van der Waals surface area contributed by atoms with Gasteiger partial charge in [0, 0.05) is 6.26 Å². The second-order valence-electron chi connectivity index (χ2n) is 0.704. The van der Waals surface area contributed by atoms with Crippen molar-refractivity contribution < 1.29 is 8.76 Å². The normalized spacial score (nSPS) is 17.7. The van der Waals surface area contributed by atoms with Gasteiger partial charge in [-0.3, -0.25) is 4.21 Å². The van der Waals surface area contributed by atoms with Crippen molar-refractivity contribution in [1.29, 1.82) is 0 Å². The molecule has 0 aromatic carbocycles. The predicted octanol–water partition coefficient (Wildman–Crippen LogP) is -0.131. The number of quaternary nitrogens is 1. The summed E-state index contributed by atoms with van der Waals surface area (Å²) in [6.07, 6.45) is 0.975. The molecule has 3 nitrogen and oxygen atoms in total. The fraction of sp³-hybridized carbons (Fsp3) is 1.00. The lowest BCUT2D eigenvalue weighted by Crippen LogP contribution is -1.86. The molecule has 0 heterocycles. The zero-order chi connectivity index (χ0) is 4.50. The lowest BCUT2D eigenvalue weighted by Gasteiger charge is -1.95. The van der Waals surface area contributed by atoms with E-state index in [1.165, 1.54) is 0 Å². The Labute approximate surface area is 41.8 Å². The molecule has 0 aromatic rings. The molecule has 0 saturated carbocycles. The van der Waals surface area contributed by atoms with Gasteiger partial charge in [-0.2, -0.15) is 0 Å². The zero-order valence-electron chi connectivity index (χ0n) is 3.63. The molecule has 40 valence electrons. The molecular weight excluding hydrogens is 122 g/mol. The molecule has 0 aliphatic heterocycles. The van der Waals surface area contributed by atoms with Crippen molar-refractivity contribution in [3.05, 3.63) is 0 Å². The van der Waals surface area contributed by atoms with Crippen LogP contribution >= 0.6 is 0 Å². The Kier molecular flexibility index (Phi) is 3.92. The molecule has 0 rings (SSSR count). The van der Waals surface area contributed by atoms with Crippen molar-refractivity contribution in [2.75, 3.05) is 6.26 Å². The van der Waals surface area contributed by atoms with Gasteiger partial charge in [0.2, 0.25) is 0 Å². The Morgan fingerprint density at radius 1 is 1.83 bits per heavy atom.